The fourth-order valence-electron chi connectivity index (χ4n) is 2.04. The van der Waals surface area contributed by atoms with Gasteiger partial charge < -0.3 is 9.16 Å². The Morgan fingerprint density at radius 1 is 1.10 bits per heavy atom. The van der Waals surface area contributed by atoms with Crippen LogP contribution in [0.3, 0.4) is 0 Å². The smallest absolute Gasteiger partial charge is 0.308 e. The van der Waals surface area contributed by atoms with Gasteiger partial charge >= 0.3 is 5.97 Å². The van der Waals surface area contributed by atoms with E-state index in [9.17, 15) is 4.79 Å². The lowest BCUT2D eigenvalue weighted by Gasteiger charge is -2.39. The zero-order valence-electron chi connectivity index (χ0n) is 15.3. The summed E-state index contributed by atoms with van der Waals surface area (Å²) in [4.78, 5) is 11.6. The molecule has 0 unspecified atom stereocenters. The van der Waals surface area contributed by atoms with Gasteiger partial charge in [0.05, 0.1) is 19.6 Å². The maximum absolute atomic E-state index is 11.6. The molecule has 0 rings (SSSR count). The molecule has 126 valence electrons. The van der Waals surface area contributed by atoms with Crippen LogP contribution in [0.15, 0.2) is 0 Å². The van der Waals surface area contributed by atoms with Crippen molar-refractivity contribution in [2.24, 2.45) is 0 Å². The van der Waals surface area contributed by atoms with Crippen LogP contribution in [0, 0.1) is 0 Å². The van der Waals surface area contributed by atoms with Gasteiger partial charge in [-0.25, -0.2) is 0 Å². The fourth-order valence-corrected chi connectivity index (χ4v) is 3.43. The first-order valence-electron chi connectivity index (χ1n) is 8.38. The van der Waals surface area contributed by atoms with Crippen molar-refractivity contribution in [2.45, 2.75) is 96.9 Å². The minimum absolute atomic E-state index is 0.0139. The summed E-state index contributed by atoms with van der Waals surface area (Å²) in [6.45, 7) is 13.4. The topological polar surface area (TPSA) is 35.5 Å². The second-order valence-electron chi connectivity index (χ2n) is 7.48. The number of ether oxygens (including phenoxy) is 1. The SMILES string of the molecule is CCCCCCC[C@H](CC(=O)OC)O[Si](C)(C)C(C)(C)C. The summed E-state index contributed by atoms with van der Waals surface area (Å²) < 4.78 is 11.2. The van der Waals surface area contributed by atoms with Gasteiger partial charge in [-0.2, -0.15) is 0 Å². The van der Waals surface area contributed by atoms with E-state index in [0.717, 1.165) is 12.8 Å². The molecule has 0 aliphatic carbocycles. The molecule has 0 aliphatic heterocycles. The van der Waals surface area contributed by atoms with Crippen molar-refractivity contribution in [2.75, 3.05) is 7.11 Å². The van der Waals surface area contributed by atoms with Crippen molar-refractivity contribution < 1.29 is 14.0 Å². The van der Waals surface area contributed by atoms with E-state index < -0.39 is 8.32 Å². The van der Waals surface area contributed by atoms with Crippen LogP contribution in [0.2, 0.25) is 18.1 Å². The van der Waals surface area contributed by atoms with E-state index in [1.807, 2.05) is 0 Å². The van der Waals surface area contributed by atoms with Crippen LogP contribution >= 0.6 is 0 Å². The Labute approximate surface area is 132 Å². The van der Waals surface area contributed by atoms with Crippen molar-refractivity contribution in [1.29, 1.82) is 0 Å². The molecule has 21 heavy (non-hydrogen) atoms. The third kappa shape index (κ3) is 8.62. The van der Waals surface area contributed by atoms with E-state index in [0.29, 0.717) is 6.42 Å². The van der Waals surface area contributed by atoms with Crippen LogP contribution < -0.4 is 0 Å². The molecule has 0 bridgehead atoms. The average Bonchev–Trinajstić information content (AvgIpc) is 2.36. The Kier molecular flexibility index (Phi) is 9.46. The van der Waals surface area contributed by atoms with Gasteiger partial charge in [-0.3, -0.25) is 4.79 Å². The van der Waals surface area contributed by atoms with Gasteiger partial charge in [0.2, 0.25) is 0 Å². The largest absolute Gasteiger partial charge is 0.469 e. The van der Waals surface area contributed by atoms with E-state index in [1.165, 1.54) is 32.8 Å². The molecule has 0 aromatic carbocycles. The molecular weight excluding hydrogens is 280 g/mol. The fraction of sp³-hybridized carbons (Fsp3) is 0.941. The molecule has 0 aromatic rings. The van der Waals surface area contributed by atoms with Crippen LogP contribution in [0.4, 0.5) is 0 Å². The van der Waals surface area contributed by atoms with Gasteiger partial charge in [-0.1, -0.05) is 59.8 Å². The van der Waals surface area contributed by atoms with Crippen molar-refractivity contribution in [3.63, 3.8) is 0 Å². The van der Waals surface area contributed by atoms with E-state index in [1.54, 1.807) is 0 Å². The summed E-state index contributed by atoms with van der Waals surface area (Å²) in [5.74, 6) is -0.160. The van der Waals surface area contributed by atoms with E-state index in [2.05, 4.69) is 40.8 Å². The van der Waals surface area contributed by atoms with Gasteiger partial charge in [0, 0.05) is 0 Å². The number of esters is 1. The summed E-state index contributed by atoms with van der Waals surface area (Å²) in [6.07, 6.45) is 7.56. The molecule has 0 amide bonds. The summed E-state index contributed by atoms with van der Waals surface area (Å²) in [6, 6.07) is 0. The second-order valence-corrected chi connectivity index (χ2v) is 12.2. The molecule has 0 aromatic heterocycles. The van der Waals surface area contributed by atoms with E-state index in [4.69, 9.17) is 9.16 Å². The quantitative estimate of drug-likeness (QED) is 0.312. The highest BCUT2D eigenvalue weighted by molar-refractivity contribution is 6.74. The average molecular weight is 317 g/mol. The molecule has 1 atom stereocenters. The molecule has 0 fully saturated rings. The second kappa shape index (κ2) is 9.62. The van der Waals surface area contributed by atoms with Crippen LogP contribution in [0.25, 0.3) is 0 Å². The number of carbonyl (C=O) groups is 1. The molecular formula is C17H36O3Si. The first-order chi connectivity index (χ1) is 9.64. The van der Waals surface area contributed by atoms with Crippen LogP contribution in [0.5, 0.6) is 0 Å². The molecule has 0 aliphatic rings. The lowest BCUT2D eigenvalue weighted by molar-refractivity contribution is -0.142. The maximum Gasteiger partial charge on any atom is 0.308 e. The maximum atomic E-state index is 11.6. The van der Waals surface area contributed by atoms with Gasteiger partial charge in [0.15, 0.2) is 8.32 Å². The Balaban J connectivity index is 4.49. The van der Waals surface area contributed by atoms with Crippen molar-refractivity contribution in [3.8, 4) is 0 Å². The number of hydrogen-bond donors (Lipinski definition) is 0. The lowest BCUT2D eigenvalue weighted by Crippen LogP contribution is -2.44. The van der Waals surface area contributed by atoms with Gasteiger partial charge in [0.1, 0.15) is 0 Å². The van der Waals surface area contributed by atoms with Gasteiger partial charge in [0.25, 0.3) is 0 Å². The third-order valence-corrected chi connectivity index (χ3v) is 9.05. The molecule has 0 saturated heterocycles. The number of hydrogen-bond acceptors (Lipinski definition) is 3. The first-order valence-corrected chi connectivity index (χ1v) is 11.3. The van der Waals surface area contributed by atoms with Crippen molar-refractivity contribution >= 4 is 14.3 Å². The highest BCUT2D eigenvalue weighted by Crippen LogP contribution is 2.38. The molecule has 0 N–H and O–H groups in total. The molecule has 4 heteroatoms. The first kappa shape index (κ1) is 20.6. The third-order valence-electron chi connectivity index (χ3n) is 4.52. The summed E-state index contributed by atoms with van der Waals surface area (Å²) in [5.41, 5.74) is 0. The number of unbranched alkanes of at least 4 members (excludes halogenated alkanes) is 4. The minimum atomic E-state index is -1.83. The molecule has 3 nitrogen and oxygen atoms in total. The predicted octanol–water partition coefficient (Wildman–Crippen LogP) is 5.30. The van der Waals surface area contributed by atoms with Crippen molar-refractivity contribution in [1.82, 2.24) is 0 Å². The van der Waals surface area contributed by atoms with E-state index in [-0.39, 0.29) is 17.1 Å². The highest BCUT2D eigenvalue weighted by atomic mass is 28.4. The summed E-state index contributed by atoms with van der Waals surface area (Å²) >= 11 is 0. The standard InChI is InChI=1S/C17H36O3Si/c1-8-9-10-11-12-13-15(14-16(18)19-5)20-21(6,7)17(2,3)4/h15H,8-14H2,1-7H3/t15-/m1/s1. The zero-order chi connectivity index (χ0) is 16.5. The molecule has 0 saturated carbocycles. The number of rotatable bonds is 10. The summed E-state index contributed by atoms with van der Waals surface area (Å²) in [7, 11) is -0.379. The zero-order valence-corrected chi connectivity index (χ0v) is 16.3. The number of methoxy groups -OCH3 is 1. The Morgan fingerprint density at radius 3 is 2.14 bits per heavy atom. The Hall–Kier alpha value is -0.353. The van der Waals surface area contributed by atoms with Crippen LogP contribution in [-0.2, 0) is 14.0 Å². The number of carbonyl (C=O) groups excluding carboxylic acids is 1. The molecule has 0 radical (unpaired) electrons. The Bertz CT molecular complexity index is 295. The van der Waals surface area contributed by atoms with Crippen LogP contribution in [-0.4, -0.2) is 27.5 Å². The Morgan fingerprint density at radius 2 is 1.67 bits per heavy atom. The highest BCUT2D eigenvalue weighted by Gasteiger charge is 2.39. The summed E-state index contributed by atoms with van der Waals surface area (Å²) in [5, 5.41) is 0.170. The van der Waals surface area contributed by atoms with Crippen molar-refractivity contribution in [3.05, 3.63) is 0 Å². The minimum Gasteiger partial charge on any atom is -0.469 e. The molecule has 0 heterocycles. The van der Waals surface area contributed by atoms with Gasteiger partial charge in [-0.15, -0.1) is 0 Å². The van der Waals surface area contributed by atoms with E-state index >= 15 is 0 Å². The van der Waals surface area contributed by atoms with Crippen LogP contribution in [0.1, 0.15) is 72.6 Å². The predicted molar refractivity (Wildman–Crippen MR) is 92.1 cm³/mol. The monoisotopic (exact) mass is 316 g/mol. The molecule has 0 spiro atoms. The lowest BCUT2D eigenvalue weighted by atomic mass is 10.1. The van der Waals surface area contributed by atoms with Gasteiger partial charge in [-0.05, 0) is 24.6 Å². The normalized spacial score (nSPS) is 14.0.